The fraction of sp³-hybridized carbons (Fsp3) is 0.400. The van der Waals surface area contributed by atoms with Crippen LogP contribution in [0.4, 0.5) is 0 Å². The van der Waals surface area contributed by atoms with Crippen molar-refractivity contribution in [2.24, 2.45) is 0 Å². The van der Waals surface area contributed by atoms with Crippen LogP contribution in [0.1, 0.15) is 44.8 Å². The SMILES string of the molecule is Cc1ccc(CN(C)C(=O)c2cc(=O)[nH]c(C3CC3)n2)s1. The third-order valence-electron chi connectivity index (χ3n) is 3.48. The predicted molar refractivity (Wildman–Crippen MR) is 81.7 cm³/mol. The molecule has 0 radical (unpaired) electrons. The number of hydrogen-bond donors (Lipinski definition) is 1. The number of aryl methyl sites for hydroxylation is 1. The van der Waals surface area contributed by atoms with Crippen molar-refractivity contribution in [2.45, 2.75) is 32.2 Å². The molecule has 1 aliphatic carbocycles. The van der Waals surface area contributed by atoms with E-state index >= 15 is 0 Å². The molecule has 2 aromatic rings. The van der Waals surface area contributed by atoms with Gasteiger partial charge in [-0.15, -0.1) is 11.3 Å². The third kappa shape index (κ3) is 3.21. The molecule has 0 aromatic carbocycles. The Kier molecular flexibility index (Phi) is 3.63. The maximum atomic E-state index is 12.4. The van der Waals surface area contributed by atoms with E-state index < -0.39 is 0 Å². The van der Waals surface area contributed by atoms with Gasteiger partial charge in [0, 0.05) is 28.8 Å². The third-order valence-corrected chi connectivity index (χ3v) is 4.46. The number of thiophene rings is 1. The number of hydrogen-bond acceptors (Lipinski definition) is 4. The quantitative estimate of drug-likeness (QED) is 0.942. The number of aromatic nitrogens is 2. The molecule has 0 saturated heterocycles. The lowest BCUT2D eigenvalue weighted by Gasteiger charge is -2.15. The fourth-order valence-corrected chi connectivity index (χ4v) is 3.15. The van der Waals surface area contributed by atoms with E-state index in [2.05, 4.69) is 9.97 Å². The van der Waals surface area contributed by atoms with Crippen molar-refractivity contribution in [2.75, 3.05) is 7.05 Å². The minimum atomic E-state index is -0.254. The van der Waals surface area contributed by atoms with Crippen molar-refractivity contribution in [3.8, 4) is 0 Å². The molecule has 6 heteroatoms. The second-order valence-corrected chi connectivity index (χ2v) is 6.84. The van der Waals surface area contributed by atoms with Gasteiger partial charge < -0.3 is 9.88 Å². The van der Waals surface area contributed by atoms with E-state index in [0.717, 1.165) is 17.7 Å². The van der Waals surface area contributed by atoms with Crippen molar-refractivity contribution in [3.63, 3.8) is 0 Å². The van der Waals surface area contributed by atoms with Crippen LogP contribution < -0.4 is 5.56 Å². The van der Waals surface area contributed by atoms with E-state index in [9.17, 15) is 9.59 Å². The van der Waals surface area contributed by atoms with Gasteiger partial charge in [-0.05, 0) is 31.9 Å². The highest BCUT2D eigenvalue weighted by atomic mass is 32.1. The Bertz CT molecular complexity index is 731. The molecule has 0 spiro atoms. The number of carbonyl (C=O) groups excluding carboxylic acids is 1. The molecule has 5 nitrogen and oxygen atoms in total. The van der Waals surface area contributed by atoms with Crippen molar-refractivity contribution in [1.29, 1.82) is 0 Å². The molecule has 0 aliphatic heterocycles. The van der Waals surface area contributed by atoms with Crippen LogP contribution in [-0.4, -0.2) is 27.8 Å². The number of amides is 1. The summed E-state index contributed by atoms with van der Waals surface area (Å²) >= 11 is 1.67. The van der Waals surface area contributed by atoms with Crippen LogP contribution >= 0.6 is 11.3 Å². The van der Waals surface area contributed by atoms with E-state index in [4.69, 9.17) is 0 Å². The van der Waals surface area contributed by atoms with Crippen molar-refractivity contribution < 1.29 is 4.79 Å². The highest BCUT2D eigenvalue weighted by molar-refractivity contribution is 7.11. The van der Waals surface area contributed by atoms with Gasteiger partial charge in [0.15, 0.2) is 0 Å². The maximum absolute atomic E-state index is 12.4. The topological polar surface area (TPSA) is 66.1 Å². The van der Waals surface area contributed by atoms with Crippen LogP contribution in [0.25, 0.3) is 0 Å². The molecule has 1 fully saturated rings. The van der Waals surface area contributed by atoms with E-state index in [0.29, 0.717) is 18.3 Å². The van der Waals surface area contributed by atoms with E-state index in [1.165, 1.54) is 10.9 Å². The lowest BCUT2D eigenvalue weighted by atomic mass is 10.3. The zero-order chi connectivity index (χ0) is 15.0. The first-order chi connectivity index (χ1) is 10.0. The van der Waals surface area contributed by atoms with E-state index in [-0.39, 0.29) is 17.2 Å². The second kappa shape index (κ2) is 5.44. The lowest BCUT2D eigenvalue weighted by Crippen LogP contribution is -2.28. The second-order valence-electron chi connectivity index (χ2n) is 5.46. The summed E-state index contributed by atoms with van der Waals surface area (Å²) in [5.74, 6) is 0.746. The number of aromatic amines is 1. The molecule has 3 rings (SSSR count). The Hall–Kier alpha value is -1.95. The highest BCUT2D eigenvalue weighted by Crippen LogP contribution is 2.37. The summed E-state index contributed by atoms with van der Waals surface area (Å²) in [6.07, 6.45) is 2.07. The Morgan fingerprint density at radius 1 is 1.48 bits per heavy atom. The van der Waals surface area contributed by atoms with Gasteiger partial charge in [-0.3, -0.25) is 9.59 Å². The predicted octanol–water partition coefficient (Wildman–Crippen LogP) is 2.29. The molecule has 1 N–H and O–H groups in total. The number of H-pyrrole nitrogens is 1. The molecule has 0 unspecified atom stereocenters. The first kappa shape index (κ1) is 14.0. The minimum Gasteiger partial charge on any atom is -0.335 e. The molecule has 2 aromatic heterocycles. The van der Waals surface area contributed by atoms with Crippen LogP contribution in [0, 0.1) is 6.92 Å². The largest absolute Gasteiger partial charge is 0.335 e. The van der Waals surface area contributed by atoms with Crippen molar-refractivity contribution >= 4 is 17.2 Å². The fourth-order valence-electron chi connectivity index (χ4n) is 2.21. The zero-order valence-electron chi connectivity index (χ0n) is 12.0. The van der Waals surface area contributed by atoms with E-state index in [1.54, 1.807) is 23.3 Å². The first-order valence-electron chi connectivity index (χ1n) is 6.95. The number of carbonyl (C=O) groups is 1. The van der Waals surface area contributed by atoms with Gasteiger partial charge in [0.25, 0.3) is 11.5 Å². The summed E-state index contributed by atoms with van der Waals surface area (Å²) in [5.41, 5.74) is -0.0213. The number of rotatable bonds is 4. The molecule has 1 amide bonds. The minimum absolute atomic E-state index is 0.214. The highest BCUT2D eigenvalue weighted by Gasteiger charge is 2.27. The summed E-state index contributed by atoms with van der Waals surface area (Å²) in [6, 6.07) is 5.34. The number of nitrogens with zero attached hydrogens (tertiary/aromatic N) is 2. The van der Waals surface area contributed by atoms with Gasteiger partial charge in [0.05, 0.1) is 6.54 Å². The van der Waals surface area contributed by atoms with Gasteiger partial charge >= 0.3 is 0 Å². The molecular formula is C15H17N3O2S. The molecule has 110 valence electrons. The molecule has 1 saturated carbocycles. The summed E-state index contributed by atoms with van der Waals surface area (Å²) in [7, 11) is 1.73. The molecule has 0 atom stereocenters. The average molecular weight is 303 g/mol. The van der Waals surface area contributed by atoms with Gasteiger partial charge in [0.1, 0.15) is 11.5 Å². The monoisotopic (exact) mass is 303 g/mol. The Morgan fingerprint density at radius 2 is 2.24 bits per heavy atom. The Labute approximate surface area is 126 Å². The smallest absolute Gasteiger partial charge is 0.272 e. The van der Waals surface area contributed by atoms with Crippen LogP contribution in [0.15, 0.2) is 23.0 Å². The van der Waals surface area contributed by atoms with Gasteiger partial charge in [-0.1, -0.05) is 0 Å². The van der Waals surface area contributed by atoms with Crippen molar-refractivity contribution in [3.05, 3.63) is 49.8 Å². The molecule has 0 bridgehead atoms. The summed E-state index contributed by atoms with van der Waals surface area (Å²) in [4.78, 5) is 35.1. The molecule has 21 heavy (non-hydrogen) atoms. The van der Waals surface area contributed by atoms with Crippen LogP contribution in [-0.2, 0) is 6.54 Å². The van der Waals surface area contributed by atoms with Gasteiger partial charge in [-0.25, -0.2) is 4.98 Å². The molecular weight excluding hydrogens is 286 g/mol. The molecule has 1 aliphatic rings. The van der Waals surface area contributed by atoms with Crippen LogP contribution in [0.3, 0.4) is 0 Å². The van der Waals surface area contributed by atoms with Gasteiger partial charge in [-0.2, -0.15) is 0 Å². The van der Waals surface area contributed by atoms with Crippen LogP contribution in [0.5, 0.6) is 0 Å². The Balaban J connectivity index is 1.79. The van der Waals surface area contributed by atoms with Crippen LogP contribution in [0.2, 0.25) is 0 Å². The van der Waals surface area contributed by atoms with Crippen molar-refractivity contribution in [1.82, 2.24) is 14.9 Å². The van der Waals surface area contributed by atoms with E-state index in [1.807, 2.05) is 19.1 Å². The average Bonchev–Trinajstić information content (AvgIpc) is 3.21. The molecule has 2 heterocycles. The normalized spacial score (nSPS) is 14.2. The first-order valence-corrected chi connectivity index (χ1v) is 7.76. The number of nitrogens with one attached hydrogen (secondary N) is 1. The standard InChI is InChI=1S/C15H17N3O2S/c1-9-3-6-11(21-9)8-18(2)15(20)12-7-13(19)17-14(16-12)10-4-5-10/h3,6-7,10H,4-5,8H2,1-2H3,(H,16,17,19). The maximum Gasteiger partial charge on any atom is 0.272 e. The zero-order valence-corrected chi connectivity index (χ0v) is 12.9. The summed E-state index contributed by atoms with van der Waals surface area (Å²) in [6.45, 7) is 2.57. The Morgan fingerprint density at radius 3 is 2.86 bits per heavy atom. The van der Waals surface area contributed by atoms with Gasteiger partial charge in [0.2, 0.25) is 0 Å². The lowest BCUT2D eigenvalue weighted by molar-refractivity contribution is 0.0780. The summed E-state index contributed by atoms with van der Waals surface area (Å²) < 4.78 is 0. The summed E-state index contributed by atoms with van der Waals surface area (Å²) in [5, 5.41) is 0.